The molecular weight excluding hydrogens is 326 g/mol. The molecule has 0 radical (unpaired) electrons. The van der Waals surface area contributed by atoms with Gasteiger partial charge in [0.1, 0.15) is 4.83 Å². The average Bonchev–Trinajstić information content (AvgIpc) is 3.08. The SMILES string of the molecule is Cc1c(C(=O)Nc2cnn(C(C)(C)C)c2)sc2ncn(C)c(=O)c12. The number of aryl methyl sites for hydroxylation is 2. The van der Waals surface area contributed by atoms with Crippen molar-refractivity contribution in [1.29, 1.82) is 0 Å². The topological polar surface area (TPSA) is 81.8 Å². The van der Waals surface area contributed by atoms with Crippen LogP contribution in [0.5, 0.6) is 0 Å². The fourth-order valence-corrected chi connectivity index (χ4v) is 3.40. The molecule has 126 valence electrons. The molecule has 0 unspecified atom stereocenters. The Morgan fingerprint density at radius 2 is 2.04 bits per heavy atom. The highest BCUT2D eigenvalue weighted by atomic mass is 32.1. The predicted octanol–water partition coefficient (Wildman–Crippen LogP) is 2.51. The number of carbonyl (C=O) groups excluding carboxylic acids is 1. The first-order valence-electron chi connectivity index (χ1n) is 7.49. The van der Waals surface area contributed by atoms with E-state index in [1.54, 1.807) is 31.0 Å². The Hall–Kier alpha value is -2.48. The number of rotatable bonds is 2. The monoisotopic (exact) mass is 345 g/mol. The van der Waals surface area contributed by atoms with Crippen LogP contribution < -0.4 is 10.9 Å². The molecule has 0 bridgehead atoms. The van der Waals surface area contributed by atoms with E-state index < -0.39 is 0 Å². The zero-order chi connectivity index (χ0) is 17.6. The van der Waals surface area contributed by atoms with Crippen LogP contribution in [0.4, 0.5) is 5.69 Å². The number of carbonyl (C=O) groups is 1. The van der Waals surface area contributed by atoms with Crippen LogP contribution in [0.3, 0.4) is 0 Å². The van der Waals surface area contributed by atoms with Gasteiger partial charge < -0.3 is 9.88 Å². The highest BCUT2D eigenvalue weighted by molar-refractivity contribution is 7.20. The molecule has 3 rings (SSSR count). The van der Waals surface area contributed by atoms with Crippen LogP contribution in [0.1, 0.15) is 36.0 Å². The second-order valence-corrected chi connectivity index (χ2v) is 7.69. The summed E-state index contributed by atoms with van der Waals surface area (Å²) in [5.41, 5.74) is 0.970. The molecule has 7 nitrogen and oxygen atoms in total. The number of amides is 1. The van der Waals surface area contributed by atoms with Crippen LogP contribution in [-0.2, 0) is 12.6 Å². The summed E-state index contributed by atoms with van der Waals surface area (Å²) in [5, 5.41) is 7.60. The highest BCUT2D eigenvalue weighted by Crippen LogP contribution is 2.27. The lowest BCUT2D eigenvalue weighted by Crippen LogP contribution is -2.22. The number of fused-ring (bicyclic) bond motifs is 1. The van der Waals surface area contributed by atoms with Crippen molar-refractivity contribution in [2.75, 3.05) is 5.32 Å². The van der Waals surface area contributed by atoms with E-state index in [0.717, 1.165) is 0 Å². The zero-order valence-corrected chi connectivity index (χ0v) is 15.1. The number of anilines is 1. The first kappa shape index (κ1) is 16.4. The molecular formula is C16H19N5O2S. The van der Waals surface area contributed by atoms with Crippen molar-refractivity contribution in [3.8, 4) is 0 Å². The summed E-state index contributed by atoms with van der Waals surface area (Å²) in [6, 6.07) is 0. The number of hydrogen-bond acceptors (Lipinski definition) is 5. The molecule has 0 aliphatic rings. The Balaban J connectivity index is 1.95. The maximum absolute atomic E-state index is 12.6. The molecule has 3 heterocycles. The van der Waals surface area contributed by atoms with Crippen molar-refractivity contribution in [3.63, 3.8) is 0 Å². The third-order valence-corrected chi connectivity index (χ3v) is 4.94. The van der Waals surface area contributed by atoms with Gasteiger partial charge >= 0.3 is 0 Å². The highest BCUT2D eigenvalue weighted by Gasteiger charge is 2.20. The van der Waals surface area contributed by atoms with Gasteiger partial charge in [-0.2, -0.15) is 5.10 Å². The van der Waals surface area contributed by atoms with Crippen molar-refractivity contribution < 1.29 is 4.79 Å². The van der Waals surface area contributed by atoms with Crippen molar-refractivity contribution >= 4 is 33.1 Å². The van der Waals surface area contributed by atoms with Crippen LogP contribution in [0, 0.1) is 6.92 Å². The molecule has 1 N–H and O–H groups in total. The summed E-state index contributed by atoms with van der Waals surface area (Å²) in [4.78, 5) is 30.1. The molecule has 24 heavy (non-hydrogen) atoms. The molecule has 8 heteroatoms. The molecule has 0 atom stereocenters. The normalized spacial score (nSPS) is 11.9. The third kappa shape index (κ3) is 2.73. The van der Waals surface area contributed by atoms with Crippen LogP contribution in [0.2, 0.25) is 0 Å². The van der Waals surface area contributed by atoms with Gasteiger partial charge in [0.25, 0.3) is 11.5 Å². The lowest BCUT2D eigenvalue weighted by atomic mass is 10.1. The van der Waals surface area contributed by atoms with Crippen molar-refractivity contribution in [2.45, 2.75) is 33.2 Å². The fourth-order valence-electron chi connectivity index (χ4n) is 2.37. The van der Waals surface area contributed by atoms with E-state index in [1.165, 1.54) is 22.2 Å². The van der Waals surface area contributed by atoms with E-state index in [4.69, 9.17) is 0 Å². The Morgan fingerprint density at radius 3 is 2.67 bits per heavy atom. The lowest BCUT2D eigenvalue weighted by Gasteiger charge is -2.18. The quantitative estimate of drug-likeness (QED) is 0.774. The molecule has 0 saturated carbocycles. The zero-order valence-electron chi connectivity index (χ0n) is 14.2. The maximum atomic E-state index is 12.6. The summed E-state index contributed by atoms with van der Waals surface area (Å²) in [5.74, 6) is -0.258. The standard InChI is InChI=1S/C16H19N5O2S/c1-9-11-14(17-8-20(5)15(11)23)24-12(9)13(22)19-10-6-18-21(7-10)16(2,3)4/h6-8H,1-5H3,(H,19,22). The summed E-state index contributed by atoms with van der Waals surface area (Å²) in [7, 11) is 1.65. The van der Waals surface area contributed by atoms with Crippen LogP contribution >= 0.6 is 11.3 Å². The van der Waals surface area contributed by atoms with Crippen molar-refractivity contribution in [1.82, 2.24) is 19.3 Å². The molecule has 3 aromatic heterocycles. The first-order chi connectivity index (χ1) is 11.2. The number of aromatic nitrogens is 4. The lowest BCUT2D eigenvalue weighted by molar-refractivity contribution is 0.103. The van der Waals surface area contributed by atoms with Crippen molar-refractivity contribution in [3.05, 3.63) is 39.5 Å². The van der Waals surface area contributed by atoms with Gasteiger partial charge in [-0.15, -0.1) is 11.3 Å². The van der Waals surface area contributed by atoms with Crippen LogP contribution in [0.25, 0.3) is 10.2 Å². The minimum Gasteiger partial charge on any atom is -0.319 e. The van der Waals surface area contributed by atoms with Gasteiger partial charge in [0.05, 0.1) is 34.0 Å². The maximum Gasteiger partial charge on any atom is 0.266 e. The predicted molar refractivity (Wildman–Crippen MR) is 94.8 cm³/mol. The van der Waals surface area contributed by atoms with Gasteiger partial charge in [0.15, 0.2) is 0 Å². The van der Waals surface area contributed by atoms with E-state index in [9.17, 15) is 9.59 Å². The van der Waals surface area contributed by atoms with E-state index >= 15 is 0 Å². The molecule has 0 spiro atoms. The number of nitrogens with zero attached hydrogens (tertiary/aromatic N) is 4. The minimum atomic E-state index is -0.258. The second-order valence-electron chi connectivity index (χ2n) is 6.70. The molecule has 3 aromatic rings. The molecule has 0 aliphatic heterocycles. The Morgan fingerprint density at radius 1 is 1.33 bits per heavy atom. The Kier molecular flexibility index (Phi) is 3.79. The smallest absolute Gasteiger partial charge is 0.266 e. The van der Waals surface area contributed by atoms with E-state index in [-0.39, 0.29) is 17.0 Å². The van der Waals surface area contributed by atoms with E-state index in [2.05, 4.69) is 15.4 Å². The fraction of sp³-hybridized carbons (Fsp3) is 0.375. The van der Waals surface area contributed by atoms with Gasteiger partial charge in [-0.25, -0.2) is 4.98 Å². The molecule has 1 amide bonds. The summed E-state index contributed by atoms with van der Waals surface area (Å²) >= 11 is 1.22. The van der Waals surface area contributed by atoms with Gasteiger partial charge in [0.2, 0.25) is 0 Å². The Labute approximate surface area is 142 Å². The van der Waals surface area contributed by atoms with E-state index in [1.807, 2.05) is 20.8 Å². The first-order valence-corrected chi connectivity index (χ1v) is 8.31. The molecule has 0 fully saturated rings. The summed E-state index contributed by atoms with van der Waals surface area (Å²) < 4.78 is 3.20. The molecule has 0 saturated heterocycles. The van der Waals surface area contributed by atoms with Gasteiger partial charge in [-0.3, -0.25) is 14.3 Å². The van der Waals surface area contributed by atoms with Gasteiger partial charge in [0, 0.05) is 13.2 Å². The van der Waals surface area contributed by atoms with Gasteiger partial charge in [-0.1, -0.05) is 0 Å². The Bertz CT molecular complexity index is 990. The number of thiophene rings is 1. The van der Waals surface area contributed by atoms with Gasteiger partial charge in [-0.05, 0) is 33.3 Å². The summed E-state index contributed by atoms with van der Waals surface area (Å²) in [6.07, 6.45) is 4.87. The van der Waals surface area contributed by atoms with E-state index in [0.29, 0.717) is 26.3 Å². The van der Waals surface area contributed by atoms with Crippen LogP contribution in [-0.4, -0.2) is 25.2 Å². The number of hydrogen-bond donors (Lipinski definition) is 1. The molecule has 0 aliphatic carbocycles. The average molecular weight is 345 g/mol. The molecule has 0 aromatic carbocycles. The largest absolute Gasteiger partial charge is 0.319 e. The number of nitrogens with one attached hydrogen (secondary N) is 1. The summed E-state index contributed by atoms with van der Waals surface area (Å²) in [6.45, 7) is 7.87. The third-order valence-electron chi connectivity index (χ3n) is 3.74. The van der Waals surface area contributed by atoms with Crippen LogP contribution in [0.15, 0.2) is 23.5 Å². The van der Waals surface area contributed by atoms with Crippen molar-refractivity contribution in [2.24, 2.45) is 7.05 Å². The minimum absolute atomic E-state index is 0.145. The second kappa shape index (κ2) is 5.55.